The van der Waals surface area contributed by atoms with Gasteiger partial charge in [0.1, 0.15) is 13.1 Å². The molecule has 1 aliphatic heterocycles. The third-order valence-corrected chi connectivity index (χ3v) is 2.64. The van der Waals surface area contributed by atoms with Gasteiger partial charge < -0.3 is 15.1 Å². The van der Waals surface area contributed by atoms with E-state index in [4.69, 9.17) is 0 Å². The third-order valence-electron chi connectivity index (χ3n) is 2.64. The van der Waals surface area contributed by atoms with Gasteiger partial charge in [-0.3, -0.25) is 9.59 Å². The number of likely N-dealkylation sites (N-methyl/N-ethyl adjacent to an activating group) is 1. The number of carbonyl (C=O) groups excluding carboxylic acids is 2. The quantitative estimate of drug-likeness (QED) is 0.760. The van der Waals surface area contributed by atoms with E-state index in [1.165, 1.54) is 14.1 Å². The lowest BCUT2D eigenvalue weighted by Crippen LogP contribution is -2.55. The summed E-state index contributed by atoms with van der Waals surface area (Å²) in [4.78, 5) is 24.9. The molecule has 5 nitrogen and oxygen atoms in total. The van der Waals surface area contributed by atoms with Crippen molar-refractivity contribution < 1.29 is 22.8 Å². The van der Waals surface area contributed by atoms with Gasteiger partial charge in [-0.05, 0) is 0 Å². The highest BCUT2D eigenvalue weighted by Gasteiger charge is 2.37. The van der Waals surface area contributed by atoms with E-state index < -0.39 is 37.0 Å². The molecular formula is C10H16F3N3O2. The van der Waals surface area contributed by atoms with Crippen molar-refractivity contribution in [2.24, 2.45) is 5.92 Å². The average molecular weight is 267 g/mol. The molecule has 0 atom stereocenters. The second-order valence-corrected chi connectivity index (χ2v) is 4.45. The number of hydrogen-bond acceptors (Lipinski definition) is 3. The Kier molecular flexibility index (Phi) is 4.55. The van der Waals surface area contributed by atoms with Crippen molar-refractivity contribution in [3.05, 3.63) is 0 Å². The number of carbonyl (C=O) groups is 2. The van der Waals surface area contributed by atoms with Crippen LogP contribution in [0.4, 0.5) is 13.2 Å². The maximum Gasteiger partial charge on any atom is 0.406 e. The summed E-state index contributed by atoms with van der Waals surface area (Å²) in [5, 5.41) is 2.81. The summed E-state index contributed by atoms with van der Waals surface area (Å²) in [5.41, 5.74) is 0. The molecule has 0 bridgehead atoms. The fourth-order valence-corrected chi connectivity index (χ4v) is 1.45. The molecule has 1 saturated heterocycles. The lowest BCUT2D eigenvalue weighted by atomic mass is 10.0. The van der Waals surface area contributed by atoms with Crippen LogP contribution in [0.3, 0.4) is 0 Å². The Morgan fingerprint density at radius 3 is 2.17 bits per heavy atom. The van der Waals surface area contributed by atoms with Gasteiger partial charge in [-0.1, -0.05) is 0 Å². The van der Waals surface area contributed by atoms with Gasteiger partial charge in [0, 0.05) is 27.2 Å². The summed E-state index contributed by atoms with van der Waals surface area (Å²) < 4.78 is 37.1. The van der Waals surface area contributed by atoms with Crippen molar-refractivity contribution in [2.45, 2.75) is 6.18 Å². The first kappa shape index (κ1) is 14.7. The molecule has 0 aromatic rings. The monoisotopic (exact) mass is 267 g/mol. The van der Waals surface area contributed by atoms with Crippen molar-refractivity contribution in [2.75, 3.05) is 40.3 Å². The Bertz CT molecular complexity index is 327. The van der Waals surface area contributed by atoms with E-state index >= 15 is 0 Å². The van der Waals surface area contributed by atoms with Crippen LogP contribution in [0, 0.1) is 5.92 Å². The van der Waals surface area contributed by atoms with Crippen LogP contribution in [-0.4, -0.2) is 68.1 Å². The molecule has 1 rings (SSSR count). The SMILES string of the molecule is CN(C)C(=O)CN(CC(F)(F)F)C(=O)C1CNC1. The maximum atomic E-state index is 12.4. The molecule has 0 unspecified atom stereocenters. The standard InChI is InChI=1S/C10H16F3N3O2/c1-15(2)8(17)5-16(6-10(11,12)13)9(18)7-3-14-4-7/h7,14H,3-6H2,1-2H3. The first-order chi connectivity index (χ1) is 8.20. The molecule has 1 heterocycles. The van der Waals surface area contributed by atoms with Crippen LogP contribution in [0.5, 0.6) is 0 Å². The highest BCUT2D eigenvalue weighted by atomic mass is 19.4. The molecule has 1 N–H and O–H groups in total. The van der Waals surface area contributed by atoms with Crippen LogP contribution in [0.25, 0.3) is 0 Å². The number of hydrogen-bond donors (Lipinski definition) is 1. The van der Waals surface area contributed by atoms with Gasteiger partial charge in [0.05, 0.1) is 5.92 Å². The molecule has 0 radical (unpaired) electrons. The Labute approximate surface area is 103 Å². The largest absolute Gasteiger partial charge is 0.406 e. The zero-order chi connectivity index (χ0) is 13.9. The van der Waals surface area contributed by atoms with E-state index in [0.717, 1.165) is 4.90 Å². The van der Waals surface area contributed by atoms with Crippen LogP contribution in [0.2, 0.25) is 0 Å². The molecular weight excluding hydrogens is 251 g/mol. The third kappa shape index (κ3) is 4.17. The predicted molar refractivity (Wildman–Crippen MR) is 57.7 cm³/mol. The Hall–Kier alpha value is -1.31. The summed E-state index contributed by atoms with van der Waals surface area (Å²) >= 11 is 0. The van der Waals surface area contributed by atoms with E-state index in [1.54, 1.807) is 0 Å². The van der Waals surface area contributed by atoms with Crippen LogP contribution in [0.1, 0.15) is 0 Å². The second-order valence-electron chi connectivity index (χ2n) is 4.45. The molecule has 1 aliphatic rings. The average Bonchev–Trinajstić information content (AvgIpc) is 2.11. The molecule has 2 amide bonds. The second kappa shape index (κ2) is 5.55. The minimum absolute atomic E-state index is 0.364. The summed E-state index contributed by atoms with van der Waals surface area (Å²) in [7, 11) is 2.87. The molecule has 0 aromatic heterocycles. The lowest BCUT2D eigenvalue weighted by molar-refractivity contribution is -0.167. The smallest absolute Gasteiger partial charge is 0.347 e. The molecule has 0 aromatic carbocycles. The van der Waals surface area contributed by atoms with Gasteiger partial charge in [-0.25, -0.2) is 0 Å². The first-order valence-electron chi connectivity index (χ1n) is 5.47. The molecule has 0 saturated carbocycles. The minimum atomic E-state index is -4.50. The molecule has 8 heteroatoms. The van der Waals surface area contributed by atoms with E-state index in [9.17, 15) is 22.8 Å². The fourth-order valence-electron chi connectivity index (χ4n) is 1.45. The van der Waals surface area contributed by atoms with Gasteiger partial charge in [-0.2, -0.15) is 13.2 Å². The van der Waals surface area contributed by atoms with Gasteiger partial charge in [0.2, 0.25) is 11.8 Å². The van der Waals surface area contributed by atoms with E-state index in [-0.39, 0.29) is 0 Å². The molecule has 0 spiro atoms. The number of nitrogens with zero attached hydrogens (tertiary/aromatic N) is 2. The van der Waals surface area contributed by atoms with Crippen molar-refractivity contribution in [1.82, 2.24) is 15.1 Å². The van der Waals surface area contributed by atoms with Crippen molar-refractivity contribution in [3.8, 4) is 0 Å². The number of rotatable bonds is 4. The molecule has 18 heavy (non-hydrogen) atoms. The van der Waals surface area contributed by atoms with Crippen LogP contribution < -0.4 is 5.32 Å². The van der Waals surface area contributed by atoms with Crippen LogP contribution in [-0.2, 0) is 9.59 Å². The Morgan fingerprint density at radius 1 is 1.28 bits per heavy atom. The summed E-state index contributed by atoms with van der Waals surface area (Å²) in [6, 6.07) is 0. The van der Waals surface area contributed by atoms with E-state index in [0.29, 0.717) is 18.0 Å². The zero-order valence-corrected chi connectivity index (χ0v) is 10.3. The van der Waals surface area contributed by atoms with Crippen LogP contribution >= 0.6 is 0 Å². The maximum absolute atomic E-state index is 12.4. The van der Waals surface area contributed by atoms with Crippen molar-refractivity contribution in [3.63, 3.8) is 0 Å². The van der Waals surface area contributed by atoms with Gasteiger partial charge in [-0.15, -0.1) is 0 Å². The van der Waals surface area contributed by atoms with Gasteiger partial charge in [0.25, 0.3) is 0 Å². The topological polar surface area (TPSA) is 52.7 Å². The zero-order valence-electron chi connectivity index (χ0n) is 10.3. The normalized spacial score (nSPS) is 16.1. The summed E-state index contributed by atoms with van der Waals surface area (Å²) in [6.07, 6.45) is -4.50. The van der Waals surface area contributed by atoms with Crippen LogP contribution in [0.15, 0.2) is 0 Å². The highest BCUT2D eigenvalue weighted by Crippen LogP contribution is 2.19. The predicted octanol–water partition coefficient (Wildman–Crippen LogP) is -0.315. The summed E-state index contributed by atoms with van der Waals surface area (Å²) in [5.74, 6) is -1.61. The van der Waals surface area contributed by atoms with E-state index in [2.05, 4.69) is 5.32 Å². The minimum Gasteiger partial charge on any atom is -0.347 e. The number of alkyl halides is 3. The molecule has 0 aliphatic carbocycles. The lowest BCUT2D eigenvalue weighted by Gasteiger charge is -2.33. The molecule has 104 valence electrons. The summed E-state index contributed by atoms with van der Waals surface area (Å²) in [6.45, 7) is -1.20. The van der Waals surface area contributed by atoms with E-state index in [1.807, 2.05) is 0 Å². The Balaban J connectivity index is 2.67. The number of nitrogens with one attached hydrogen (secondary N) is 1. The Morgan fingerprint density at radius 2 is 1.83 bits per heavy atom. The molecule has 1 fully saturated rings. The van der Waals surface area contributed by atoms with Gasteiger partial charge in [0.15, 0.2) is 0 Å². The van der Waals surface area contributed by atoms with Crippen molar-refractivity contribution in [1.29, 1.82) is 0 Å². The van der Waals surface area contributed by atoms with Crippen molar-refractivity contribution >= 4 is 11.8 Å². The number of halogens is 3. The highest BCUT2D eigenvalue weighted by molar-refractivity contribution is 5.86. The first-order valence-corrected chi connectivity index (χ1v) is 5.47. The number of amides is 2. The van der Waals surface area contributed by atoms with Gasteiger partial charge >= 0.3 is 6.18 Å². The fraction of sp³-hybridized carbons (Fsp3) is 0.800.